The van der Waals surface area contributed by atoms with Crippen LogP contribution in [-0.2, 0) is 20.0 Å². The van der Waals surface area contributed by atoms with Gasteiger partial charge in [0.25, 0.3) is 0 Å². The second-order valence-corrected chi connectivity index (χ2v) is 10.1. The molecule has 0 saturated carbocycles. The van der Waals surface area contributed by atoms with E-state index in [1.165, 1.54) is 11.8 Å². The molecule has 1 fully saturated rings. The van der Waals surface area contributed by atoms with Gasteiger partial charge in [-0.05, 0) is 30.5 Å². The van der Waals surface area contributed by atoms with Crippen LogP contribution in [0.5, 0.6) is 0 Å². The highest BCUT2D eigenvalue weighted by molar-refractivity contribution is 7.90. The summed E-state index contributed by atoms with van der Waals surface area (Å²) in [7, 11) is -3.14. The molecule has 1 amide bonds. The number of fused-ring (bicyclic) bond motifs is 1. The summed E-state index contributed by atoms with van der Waals surface area (Å²) in [6.45, 7) is 1.18. The van der Waals surface area contributed by atoms with Gasteiger partial charge in [-0.2, -0.15) is 0 Å². The van der Waals surface area contributed by atoms with Gasteiger partial charge in [-0.25, -0.2) is 13.4 Å². The molecule has 152 valence electrons. The standard InChI is InChI=1S/C22H25N3O3S/c1-29(27,28)16-10-21(26)24-14-11-22(12-15-24,18-7-3-2-4-8-18)19-17-25-13-6-5-9-20(25)23-19/h2-9,13,17H,10-12,14-16H2,1H3. The lowest BCUT2D eigenvalue weighted by Gasteiger charge is -2.41. The molecule has 0 bridgehead atoms. The monoisotopic (exact) mass is 411 g/mol. The maximum Gasteiger partial charge on any atom is 0.223 e. The lowest BCUT2D eigenvalue weighted by Crippen LogP contribution is -2.46. The van der Waals surface area contributed by atoms with Crippen LogP contribution in [0.3, 0.4) is 0 Å². The molecule has 3 heterocycles. The van der Waals surface area contributed by atoms with E-state index in [0.717, 1.165) is 24.2 Å². The van der Waals surface area contributed by atoms with E-state index in [2.05, 4.69) is 18.3 Å². The van der Waals surface area contributed by atoms with E-state index in [4.69, 9.17) is 4.98 Å². The van der Waals surface area contributed by atoms with Crippen LogP contribution in [0, 0.1) is 0 Å². The molecule has 0 N–H and O–H groups in total. The summed E-state index contributed by atoms with van der Waals surface area (Å²) in [4.78, 5) is 19.2. The molecule has 1 aliphatic rings. The summed E-state index contributed by atoms with van der Waals surface area (Å²) in [5.74, 6) is -0.189. The zero-order valence-electron chi connectivity index (χ0n) is 16.5. The average Bonchev–Trinajstić information content (AvgIpc) is 3.17. The zero-order chi connectivity index (χ0) is 20.5. The first-order chi connectivity index (χ1) is 13.9. The van der Waals surface area contributed by atoms with E-state index in [1.54, 1.807) is 4.90 Å². The number of imidazole rings is 1. The molecule has 1 aromatic carbocycles. The van der Waals surface area contributed by atoms with E-state index in [0.29, 0.717) is 13.1 Å². The number of hydrogen-bond donors (Lipinski definition) is 0. The Morgan fingerprint density at radius 3 is 2.41 bits per heavy atom. The van der Waals surface area contributed by atoms with Gasteiger partial charge in [0, 0.05) is 43.6 Å². The second kappa shape index (κ2) is 7.63. The van der Waals surface area contributed by atoms with Gasteiger partial charge in [0.05, 0.1) is 11.4 Å². The third-order valence-corrected chi connectivity index (χ3v) is 6.78. The number of piperidine rings is 1. The molecule has 29 heavy (non-hydrogen) atoms. The molecule has 1 aliphatic heterocycles. The number of benzene rings is 1. The fraction of sp³-hybridized carbons (Fsp3) is 0.364. The molecular formula is C22H25N3O3S. The summed E-state index contributed by atoms with van der Waals surface area (Å²) in [5, 5.41) is 0. The quantitative estimate of drug-likeness (QED) is 0.647. The number of carbonyl (C=O) groups excluding carboxylic acids is 1. The Morgan fingerprint density at radius 1 is 1.07 bits per heavy atom. The van der Waals surface area contributed by atoms with Crippen molar-refractivity contribution in [2.45, 2.75) is 24.7 Å². The van der Waals surface area contributed by atoms with Crippen LogP contribution in [0.2, 0.25) is 0 Å². The lowest BCUT2D eigenvalue weighted by atomic mass is 9.70. The van der Waals surface area contributed by atoms with E-state index in [1.807, 2.05) is 47.0 Å². The van der Waals surface area contributed by atoms with E-state index in [9.17, 15) is 13.2 Å². The van der Waals surface area contributed by atoms with E-state index in [-0.39, 0.29) is 23.5 Å². The van der Waals surface area contributed by atoms with Crippen molar-refractivity contribution in [3.63, 3.8) is 0 Å². The van der Waals surface area contributed by atoms with Crippen LogP contribution in [-0.4, -0.2) is 53.7 Å². The zero-order valence-corrected chi connectivity index (χ0v) is 17.3. The highest BCUT2D eigenvalue weighted by Crippen LogP contribution is 2.41. The van der Waals surface area contributed by atoms with E-state index >= 15 is 0 Å². The Kier molecular flexibility index (Phi) is 5.17. The van der Waals surface area contributed by atoms with Gasteiger partial charge in [0.15, 0.2) is 0 Å². The van der Waals surface area contributed by atoms with Crippen molar-refractivity contribution >= 4 is 21.4 Å². The van der Waals surface area contributed by atoms with Crippen LogP contribution in [0.4, 0.5) is 0 Å². The number of carbonyl (C=O) groups is 1. The molecule has 0 unspecified atom stereocenters. The van der Waals surface area contributed by atoms with Crippen molar-refractivity contribution in [1.82, 2.24) is 14.3 Å². The number of aromatic nitrogens is 2. The van der Waals surface area contributed by atoms with Crippen LogP contribution < -0.4 is 0 Å². The molecule has 0 aliphatic carbocycles. The summed E-state index contributed by atoms with van der Waals surface area (Å²) < 4.78 is 24.8. The average molecular weight is 412 g/mol. The molecular weight excluding hydrogens is 386 g/mol. The van der Waals surface area contributed by atoms with Crippen molar-refractivity contribution in [3.8, 4) is 0 Å². The Labute approximate surface area is 171 Å². The molecule has 2 aromatic heterocycles. The fourth-order valence-electron chi connectivity index (χ4n) is 4.18. The Morgan fingerprint density at radius 2 is 1.76 bits per heavy atom. The minimum Gasteiger partial charge on any atom is -0.343 e. The van der Waals surface area contributed by atoms with Gasteiger partial charge in [0.2, 0.25) is 5.91 Å². The van der Waals surface area contributed by atoms with Crippen molar-refractivity contribution < 1.29 is 13.2 Å². The van der Waals surface area contributed by atoms with Gasteiger partial charge in [-0.1, -0.05) is 36.4 Å². The largest absolute Gasteiger partial charge is 0.343 e. The number of hydrogen-bond acceptors (Lipinski definition) is 4. The normalized spacial score (nSPS) is 16.8. The SMILES string of the molecule is CS(=O)(=O)CCC(=O)N1CCC(c2ccccc2)(c2cn3ccccc3n2)CC1. The number of sulfone groups is 1. The van der Waals surface area contributed by atoms with Crippen LogP contribution in [0.1, 0.15) is 30.5 Å². The molecule has 0 radical (unpaired) electrons. The molecule has 6 nitrogen and oxygen atoms in total. The molecule has 1 saturated heterocycles. The third-order valence-electron chi connectivity index (χ3n) is 5.84. The molecule has 0 spiro atoms. The van der Waals surface area contributed by atoms with Gasteiger partial charge < -0.3 is 9.30 Å². The Balaban J connectivity index is 1.62. The Bertz CT molecular complexity index is 1080. The van der Waals surface area contributed by atoms with Crippen molar-refractivity contribution in [2.24, 2.45) is 0 Å². The van der Waals surface area contributed by atoms with E-state index < -0.39 is 9.84 Å². The third kappa shape index (κ3) is 4.05. The first kappa shape index (κ1) is 19.6. The topological polar surface area (TPSA) is 71.8 Å². The maximum atomic E-state index is 12.5. The van der Waals surface area contributed by atoms with Gasteiger partial charge in [0.1, 0.15) is 15.5 Å². The maximum absolute atomic E-state index is 12.5. The molecule has 3 aromatic rings. The highest BCUT2D eigenvalue weighted by Gasteiger charge is 2.40. The smallest absolute Gasteiger partial charge is 0.223 e. The predicted octanol–water partition coefficient (Wildman–Crippen LogP) is 2.68. The number of amides is 1. The molecule has 0 atom stereocenters. The number of likely N-dealkylation sites (tertiary alicyclic amines) is 1. The first-order valence-electron chi connectivity index (χ1n) is 9.83. The van der Waals surface area contributed by atoms with Gasteiger partial charge in [-0.3, -0.25) is 4.79 Å². The lowest BCUT2D eigenvalue weighted by molar-refractivity contribution is -0.132. The highest BCUT2D eigenvalue weighted by atomic mass is 32.2. The van der Waals surface area contributed by atoms with Gasteiger partial charge >= 0.3 is 0 Å². The Hall–Kier alpha value is -2.67. The number of nitrogens with zero attached hydrogens (tertiary/aromatic N) is 3. The second-order valence-electron chi connectivity index (χ2n) is 7.80. The van der Waals surface area contributed by atoms with Crippen molar-refractivity contribution in [1.29, 1.82) is 0 Å². The number of rotatable bonds is 5. The molecule has 7 heteroatoms. The van der Waals surface area contributed by atoms with Crippen molar-refractivity contribution in [3.05, 3.63) is 72.2 Å². The van der Waals surface area contributed by atoms with Crippen LogP contribution in [0.15, 0.2) is 60.9 Å². The molecule has 4 rings (SSSR count). The minimum absolute atomic E-state index is 0.0472. The minimum atomic E-state index is -3.14. The predicted molar refractivity (Wildman–Crippen MR) is 113 cm³/mol. The van der Waals surface area contributed by atoms with Crippen LogP contribution in [0.25, 0.3) is 5.65 Å². The first-order valence-corrected chi connectivity index (χ1v) is 11.9. The summed E-state index contributed by atoms with van der Waals surface area (Å²) in [6.07, 6.45) is 6.81. The van der Waals surface area contributed by atoms with Crippen molar-refractivity contribution in [2.75, 3.05) is 25.1 Å². The summed E-state index contributed by atoms with van der Waals surface area (Å²) >= 11 is 0. The summed E-state index contributed by atoms with van der Waals surface area (Å²) in [6, 6.07) is 16.3. The van der Waals surface area contributed by atoms with Gasteiger partial charge in [-0.15, -0.1) is 0 Å². The van der Waals surface area contributed by atoms with Crippen LogP contribution >= 0.6 is 0 Å². The fourth-order valence-corrected chi connectivity index (χ4v) is 4.73. The summed E-state index contributed by atoms with van der Waals surface area (Å²) in [5.41, 5.74) is 2.86. The number of pyridine rings is 1.